The average molecular weight is 362 g/mol. The molecule has 0 unspecified atom stereocenters. The molecule has 0 amide bonds. The Kier molecular flexibility index (Phi) is 3.99. The Morgan fingerprint density at radius 3 is 2.28 bits per heavy atom. The lowest BCUT2D eigenvalue weighted by atomic mass is 10.3. The van der Waals surface area contributed by atoms with Crippen LogP contribution in [-0.4, -0.2) is 63.7 Å². The molecule has 0 atom stereocenters. The fourth-order valence-electron chi connectivity index (χ4n) is 3.12. The minimum absolute atomic E-state index is 0.142. The Morgan fingerprint density at radius 2 is 1.68 bits per heavy atom. The highest BCUT2D eigenvalue weighted by Gasteiger charge is 2.41. The molecule has 4 rings (SSSR count). The summed E-state index contributed by atoms with van der Waals surface area (Å²) in [6.45, 7) is 6.29. The molecule has 0 aromatic carbocycles. The first-order chi connectivity index (χ1) is 12.0. The highest BCUT2D eigenvalue weighted by molar-refractivity contribution is 7.90. The maximum atomic E-state index is 12.3. The Balaban J connectivity index is 1.50. The molecule has 134 valence electrons. The lowest BCUT2D eigenvalue weighted by molar-refractivity contribution is 0.383. The number of sulfonamides is 1. The van der Waals surface area contributed by atoms with Crippen molar-refractivity contribution in [2.75, 3.05) is 31.1 Å². The molecule has 1 aliphatic heterocycles. The molecule has 0 spiro atoms. The zero-order valence-electron chi connectivity index (χ0n) is 14.5. The van der Waals surface area contributed by atoms with Crippen molar-refractivity contribution in [1.29, 1.82) is 0 Å². The van der Waals surface area contributed by atoms with Crippen LogP contribution in [0.4, 0.5) is 5.82 Å². The van der Waals surface area contributed by atoms with E-state index >= 15 is 0 Å². The van der Waals surface area contributed by atoms with Gasteiger partial charge in [-0.3, -0.25) is 4.57 Å². The zero-order chi connectivity index (χ0) is 17.6. The van der Waals surface area contributed by atoms with Crippen LogP contribution in [0.1, 0.15) is 24.2 Å². The summed E-state index contributed by atoms with van der Waals surface area (Å²) in [5.41, 5.74) is 2.02. The van der Waals surface area contributed by atoms with Crippen molar-refractivity contribution in [3.05, 3.63) is 30.1 Å². The molecule has 0 radical (unpaired) electrons. The third kappa shape index (κ3) is 3.02. The number of imidazole rings is 1. The van der Waals surface area contributed by atoms with Crippen molar-refractivity contribution in [2.45, 2.75) is 31.9 Å². The van der Waals surface area contributed by atoms with E-state index in [2.05, 4.69) is 19.9 Å². The molecule has 8 nitrogen and oxygen atoms in total. The smallest absolute Gasteiger partial charge is 0.217 e. The van der Waals surface area contributed by atoms with Crippen LogP contribution in [0.15, 0.2) is 18.7 Å². The lowest BCUT2D eigenvalue weighted by Crippen LogP contribution is -2.49. The van der Waals surface area contributed by atoms with E-state index in [1.165, 1.54) is 0 Å². The average Bonchev–Trinajstić information content (AvgIpc) is 3.43. The van der Waals surface area contributed by atoms with Gasteiger partial charge in [-0.1, -0.05) is 0 Å². The largest absolute Gasteiger partial charge is 0.354 e. The van der Waals surface area contributed by atoms with Crippen LogP contribution in [0, 0.1) is 13.8 Å². The van der Waals surface area contributed by atoms with E-state index in [0.717, 1.165) is 35.9 Å². The van der Waals surface area contributed by atoms with Gasteiger partial charge < -0.3 is 4.90 Å². The van der Waals surface area contributed by atoms with Crippen molar-refractivity contribution < 1.29 is 8.42 Å². The highest BCUT2D eigenvalue weighted by atomic mass is 32.2. The molecule has 2 aliphatic rings. The molecule has 0 bridgehead atoms. The van der Waals surface area contributed by atoms with Gasteiger partial charge in [-0.05, 0) is 26.7 Å². The molecule has 2 aromatic heterocycles. The predicted molar refractivity (Wildman–Crippen MR) is 94.4 cm³/mol. The first-order valence-corrected chi connectivity index (χ1v) is 10.0. The van der Waals surface area contributed by atoms with Gasteiger partial charge in [-0.25, -0.2) is 23.4 Å². The number of hydrogen-bond donors (Lipinski definition) is 0. The minimum Gasteiger partial charge on any atom is -0.354 e. The topological polar surface area (TPSA) is 84.2 Å². The fraction of sp³-hybridized carbons (Fsp3) is 0.562. The molecule has 3 heterocycles. The van der Waals surface area contributed by atoms with Crippen molar-refractivity contribution in [3.8, 4) is 5.82 Å². The molecule has 2 aromatic rings. The van der Waals surface area contributed by atoms with Crippen molar-refractivity contribution in [3.63, 3.8) is 0 Å². The summed E-state index contributed by atoms with van der Waals surface area (Å²) >= 11 is 0. The first-order valence-electron chi connectivity index (χ1n) is 8.53. The number of nitrogens with zero attached hydrogens (tertiary/aromatic N) is 6. The van der Waals surface area contributed by atoms with Gasteiger partial charge in [0.15, 0.2) is 0 Å². The summed E-state index contributed by atoms with van der Waals surface area (Å²) in [5.74, 6) is 1.59. The van der Waals surface area contributed by atoms with Gasteiger partial charge in [0.25, 0.3) is 0 Å². The van der Waals surface area contributed by atoms with E-state index in [4.69, 9.17) is 0 Å². The number of hydrogen-bond acceptors (Lipinski definition) is 6. The number of rotatable bonds is 4. The zero-order valence-corrected chi connectivity index (χ0v) is 15.3. The summed E-state index contributed by atoms with van der Waals surface area (Å²) in [6, 6.07) is 1.93. The standard InChI is InChI=1S/C16H22N6O2S/c1-12-13(2)22(11-19-12)16-9-15(17-10-18-16)20-5-7-21(8-6-20)25(23,24)14-3-4-14/h9-11,14H,3-8H2,1-2H3. The molecular formula is C16H22N6O2S. The second-order valence-electron chi connectivity index (χ2n) is 6.65. The maximum absolute atomic E-state index is 12.3. The van der Waals surface area contributed by atoms with Crippen LogP contribution >= 0.6 is 0 Å². The number of anilines is 1. The van der Waals surface area contributed by atoms with Gasteiger partial charge in [0.2, 0.25) is 10.0 Å². The van der Waals surface area contributed by atoms with Gasteiger partial charge in [0.1, 0.15) is 24.3 Å². The third-order valence-electron chi connectivity index (χ3n) is 5.00. The third-order valence-corrected chi connectivity index (χ3v) is 7.40. The van der Waals surface area contributed by atoms with Crippen LogP contribution in [0.2, 0.25) is 0 Å². The maximum Gasteiger partial charge on any atom is 0.217 e. The van der Waals surface area contributed by atoms with Crippen LogP contribution in [-0.2, 0) is 10.0 Å². The second-order valence-corrected chi connectivity index (χ2v) is 8.86. The van der Waals surface area contributed by atoms with Gasteiger partial charge in [-0.15, -0.1) is 0 Å². The quantitative estimate of drug-likeness (QED) is 0.803. The summed E-state index contributed by atoms with van der Waals surface area (Å²) < 4.78 is 28.3. The minimum atomic E-state index is -3.09. The van der Waals surface area contributed by atoms with Crippen LogP contribution in [0.3, 0.4) is 0 Å². The lowest BCUT2D eigenvalue weighted by Gasteiger charge is -2.34. The van der Waals surface area contributed by atoms with Gasteiger partial charge in [0, 0.05) is 37.9 Å². The van der Waals surface area contributed by atoms with E-state index in [1.807, 2.05) is 24.5 Å². The van der Waals surface area contributed by atoms with E-state index in [1.54, 1.807) is 17.0 Å². The molecular weight excluding hydrogens is 340 g/mol. The monoisotopic (exact) mass is 362 g/mol. The van der Waals surface area contributed by atoms with Crippen molar-refractivity contribution in [1.82, 2.24) is 23.8 Å². The number of piperazine rings is 1. The molecule has 1 aliphatic carbocycles. The van der Waals surface area contributed by atoms with Gasteiger partial charge in [0.05, 0.1) is 10.9 Å². The first kappa shape index (κ1) is 16.5. The van der Waals surface area contributed by atoms with E-state index in [9.17, 15) is 8.42 Å². The summed E-state index contributed by atoms with van der Waals surface area (Å²) in [4.78, 5) is 15.1. The number of aryl methyl sites for hydroxylation is 1. The summed E-state index contributed by atoms with van der Waals surface area (Å²) in [5, 5.41) is -0.142. The molecule has 0 N–H and O–H groups in total. The van der Waals surface area contributed by atoms with Crippen LogP contribution in [0.5, 0.6) is 0 Å². The Hall–Kier alpha value is -2.00. The van der Waals surface area contributed by atoms with E-state index in [0.29, 0.717) is 26.2 Å². The molecule has 1 saturated heterocycles. The van der Waals surface area contributed by atoms with Crippen LogP contribution < -0.4 is 4.90 Å². The normalized spacial score (nSPS) is 19.4. The predicted octanol–water partition coefficient (Wildman–Crippen LogP) is 0.893. The van der Waals surface area contributed by atoms with E-state index < -0.39 is 10.0 Å². The summed E-state index contributed by atoms with van der Waals surface area (Å²) in [7, 11) is -3.09. The Bertz CT molecular complexity index is 882. The van der Waals surface area contributed by atoms with Gasteiger partial charge >= 0.3 is 0 Å². The number of aromatic nitrogens is 4. The molecule has 2 fully saturated rings. The Morgan fingerprint density at radius 1 is 1.00 bits per heavy atom. The van der Waals surface area contributed by atoms with E-state index in [-0.39, 0.29) is 5.25 Å². The highest BCUT2D eigenvalue weighted by Crippen LogP contribution is 2.31. The van der Waals surface area contributed by atoms with Gasteiger partial charge in [-0.2, -0.15) is 4.31 Å². The SMILES string of the molecule is Cc1ncn(-c2cc(N3CCN(S(=O)(=O)C4CC4)CC3)ncn2)c1C. The Labute approximate surface area is 147 Å². The molecule has 9 heteroatoms. The second kappa shape index (κ2) is 6.06. The van der Waals surface area contributed by atoms with Crippen LogP contribution in [0.25, 0.3) is 5.82 Å². The fourth-order valence-corrected chi connectivity index (χ4v) is 4.95. The molecule has 1 saturated carbocycles. The van der Waals surface area contributed by atoms with Crippen molar-refractivity contribution in [2.24, 2.45) is 0 Å². The van der Waals surface area contributed by atoms with Crippen molar-refractivity contribution >= 4 is 15.8 Å². The molecule has 25 heavy (non-hydrogen) atoms. The summed E-state index contributed by atoms with van der Waals surface area (Å²) in [6.07, 6.45) is 4.92.